The monoisotopic (exact) mass is 281 g/mol. The molecule has 0 aliphatic carbocycles. The minimum atomic E-state index is -0.937. The molecule has 1 amide bonds. The highest BCUT2D eigenvalue weighted by atomic mass is 79.9. The van der Waals surface area contributed by atoms with E-state index in [-0.39, 0.29) is 5.91 Å². The lowest BCUT2D eigenvalue weighted by Crippen LogP contribution is -2.45. The number of nitrogens with zero attached hydrogens (tertiary/aromatic N) is 1. The molecule has 5 heteroatoms. The second-order valence-electron chi connectivity index (χ2n) is 3.98. The fraction of sp³-hybridized carbons (Fsp3) is 0.273. The summed E-state index contributed by atoms with van der Waals surface area (Å²) in [5, 5.41) is 11.4. The van der Waals surface area contributed by atoms with Crippen molar-refractivity contribution in [3.8, 4) is 6.07 Å². The van der Waals surface area contributed by atoms with E-state index in [0.717, 1.165) is 0 Å². The SMILES string of the molecule is CC(C)(N)C(=O)Nc1ccc(C#N)cc1Br. The number of nitrogens with one attached hydrogen (secondary N) is 1. The summed E-state index contributed by atoms with van der Waals surface area (Å²) in [6.45, 7) is 3.25. The maximum absolute atomic E-state index is 11.6. The van der Waals surface area contributed by atoms with Gasteiger partial charge in [-0.25, -0.2) is 0 Å². The van der Waals surface area contributed by atoms with Crippen molar-refractivity contribution in [2.45, 2.75) is 19.4 Å². The molecule has 16 heavy (non-hydrogen) atoms. The number of benzene rings is 1. The number of nitrogens with two attached hydrogens (primary N) is 1. The molecule has 1 rings (SSSR count). The fourth-order valence-electron chi connectivity index (χ4n) is 0.969. The summed E-state index contributed by atoms with van der Waals surface area (Å²) in [5.41, 5.74) is 5.84. The summed E-state index contributed by atoms with van der Waals surface area (Å²) in [6.07, 6.45) is 0. The van der Waals surface area contributed by atoms with Crippen LogP contribution < -0.4 is 11.1 Å². The van der Waals surface area contributed by atoms with Crippen molar-refractivity contribution < 1.29 is 4.79 Å². The first-order valence-electron chi connectivity index (χ1n) is 4.64. The Labute approximate surface area is 103 Å². The van der Waals surface area contributed by atoms with E-state index in [0.29, 0.717) is 15.7 Å². The van der Waals surface area contributed by atoms with Crippen LogP contribution in [-0.2, 0) is 4.79 Å². The third-order valence-corrected chi connectivity index (χ3v) is 2.59. The largest absolute Gasteiger partial charge is 0.323 e. The van der Waals surface area contributed by atoms with E-state index in [1.807, 2.05) is 6.07 Å². The van der Waals surface area contributed by atoms with Crippen LogP contribution in [0.2, 0.25) is 0 Å². The molecule has 84 valence electrons. The van der Waals surface area contributed by atoms with Gasteiger partial charge in [-0.05, 0) is 48.0 Å². The molecular formula is C11H12BrN3O. The molecule has 0 spiro atoms. The molecule has 0 aromatic heterocycles. The smallest absolute Gasteiger partial charge is 0.243 e. The Morgan fingerprint density at radius 2 is 2.19 bits per heavy atom. The molecular weight excluding hydrogens is 270 g/mol. The van der Waals surface area contributed by atoms with E-state index < -0.39 is 5.54 Å². The van der Waals surface area contributed by atoms with E-state index in [4.69, 9.17) is 11.0 Å². The number of carbonyl (C=O) groups is 1. The van der Waals surface area contributed by atoms with Crippen molar-refractivity contribution in [1.29, 1.82) is 5.26 Å². The van der Waals surface area contributed by atoms with Gasteiger partial charge in [0.25, 0.3) is 0 Å². The van der Waals surface area contributed by atoms with Crippen LogP contribution in [0, 0.1) is 11.3 Å². The van der Waals surface area contributed by atoms with Crippen LogP contribution in [0.4, 0.5) is 5.69 Å². The number of anilines is 1. The van der Waals surface area contributed by atoms with Gasteiger partial charge in [-0.2, -0.15) is 5.26 Å². The summed E-state index contributed by atoms with van der Waals surface area (Å²) >= 11 is 3.28. The molecule has 0 fully saturated rings. The van der Waals surface area contributed by atoms with Crippen molar-refractivity contribution in [3.63, 3.8) is 0 Å². The third-order valence-electron chi connectivity index (χ3n) is 1.93. The molecule has 4 nitrogen and oxygen atoms in total. The van der Waals surface area contributed by atoms with Crippen LogP contribution in [-0.4, -0.2) is 11.4 Å². The normalized spacial score (nSPS) is 10.7. The summed E-state index contributed by atoms with van der Waals surface area (Å²) in [7, 11) is 0. The lowest BCUT2D eigenvalue weighted by Gasteiger charge is -2.18. The second-order valence-corrected chi connectivity index (χ2v) is 4.84. The molecule has 0 unspecified atom stereocenters. The van der Waals surface area contributed by atoms with E-state index in [9.17, 15) is 4.79 Å². The molecule has 1 aromatic rings. The summed E-state index contributed by atoms with van der Waals surface area (Å²) in [5.74, 6) is -0.280. The van der Waals surface area contributed by atoms with Crippen molar-refractivity contribution in [3.05, 3.63) is 28.2 Å². The summed E-state index contributed by atoms with van der Waals surface area (Å²) in [6, 6.07) is 6.94. The lowest BCUT2D eigenvalue weighted by atomic mass is 10.1. The first kappa shape index (κ1) is 12.7. The molecule has 0 atom stereocenters. The number of carbonyl (C=O) groups excluding carboxylic acids is 1. The predicted octanol–water partition coefficient (Wildman–Crippen LogP) is 2.00. The molecule has 0 saturated carbocycles. The Bertz CT molecular complexity index is 457. The van der Waals surface area contributed by atoms with Crippen LogP contribution in [0.3, 0.4) is 0 Å². The van der Waals surface area contributed by atoms with Crippen LogP contribution in [0.5, 0.6) is 0 Å². The average molecular weight is 282 g/mol. The Kier molecular flexibility index (Phi) is 3.68. The number of hydrogen-bond donors (Lipinski definition) is 2. The molecule has 1 aromatic carbocycles. The van der Waals surface area contributed by atoms with E-state index >= 15 is 0 Å². The molecule has 0 bridgehead atoms. The van der Waals surface area contributed by atoms with Crippen molar-refractivity contribution in [1.82, 2.24) is 0 Å². The van der Waals surface area contributed by atoms with Gasteiger partial charge in [0.15, 0.2) is 0 Å². The van der Waals surface area contributed by atoms with Gasteiger partial charge >= 0.3 is 0 Å². The Morgan fingerprint density at radius 1 is 1.56 bits per heavy atom. The summed E-state index contributed by atoms with van der Waals surface area (Å²) < 4.78 is 0.657. The minimum absolute atomic E-state index is 0.280. The predicted molar refractivity (Wildman–Crippen MR) is 65.8 cm³/mol. The topological polar surface area (TPSA) is 78.9 Å². The van der Waals surface area contributed by atoms with E-state index in [1.54, 1.807) is 32.0 Å². The van der Waals surface area contributed by atoms with Crippen LogP contribution in [0.25, 0.3) is 0 Å². The first-order valence-corrected chi connectivity index (χ1v) is 5.44. The molecule has 3 N–H and O–H groups in total. The van der Waals surface area contributed by atoms with Gasteiger partial charge in [-0.3, -0.25) is 4.79 Å². The van der Waals surface area contributed by atoms with Crippen LogP contribution in [0.15, 0.2) is 22.7 Å². The zero-order chi connectivity index (χ0) is 12.3. The van der Waals surface area contributed by atoms with Gasteiger partial charge < -0.3 is 11.1 Å². The Balaban J connectivity index is 2.92. The highest BCUT2D eigenvalue weighted by Crippen LogP contribution is 2.24. The van der Waals surface area contributed by atoms with Crippen molar-refractivity contribution >= 4 is 27.5 Å². The molecule has 0 heterocycles. The average Bonchev–Trinajstić information content (AvgIpc) is 2.19. The van der Waals surface area contributed by atoms with Gasteiger partial charge in [0.1, 0.15) is 0 Å². The van der Waals surface area contributed by atoms with E-state index in [1.165, 1.54) is 0 Å². The van der Waals surface area contributed by atoms with Crippen LogP contribution in [0.1, 0.15) is 19.4 Å². The maximum Gasteiger partial charge on any atom is 0.243 e. The fourth-order valence-corrected chi connectivity index (χ4v) is 1.45. The number of hydrogen-bond acceptors (Lipinski definition) is 3. The molecule has 0 aliphatic rings. The highest BCUT2D eigenvalue weighted by Gasteiger charge is 2.22. The van der Waals surface area contributed by atoms with Gasteiger partial charge in [0, 0.05) is 4.47 Å². The quantitative estimate of drug-likeness (QED) is 0.870. The first-order chi connectivity index (χ1) is 7.34. The van der Waals surface area contributed by atoms with Gasteiger partial charge in [0.05, 0.1) is 22.9 Å². The lowest BCUT2D eigenvalue weighted by molar-refractivity contribution is -0.120. The molecule has 0 aliphatic heterocycles. The Hall–Kier alpha value is -1.38. The molecule has 0 saturated heterocycles. The van der Waals surface area contributed by atoms with Crippen molar-refractivity contribution in [2.75, 3.05) is 5.32 Å². The Morgan fingerprint density at radius 3 is 2.62 bits per heavy atom. The minimum Gasteiger partial charge on any atom is -0.323 e. The number of rotatable bonds is 2. The standard InChI is InChI=1S/C11H12BrN3O/c1-11(2,14)10(16)15-9-4-3-7(6-13)5-8(9)12/h3-5H,14H2,1-2H3,(H,15,16). The van der Waals surface area contributed by atoms with Gasteiger partial charge in [-0.15, -0.1) is 0 Å². The van der Waals surface area contributed by atoms with Gasteiger partial charge in [0.2, 0.25) is 5.91 Å². The zero-order valence-electron chi connectivity index (χ0n) is 9.04. The summed E-state index contributed by atoms with van der Waals surface area (Å²) in [4.78, 5) is 11.6. The van der Waals surface area contributed by atoms with E-state index in [2.05, 4.69) is 21.2 Å². The number of nitriles is 1. The molecule has 0 radical (unpaired) electrons. The van der Waals surface area contributed by atoms with Gasteiger partial charge in [-0.1, -0.05) is 0 Å². The number of halogens is 1. The third kappa shape index (κ3) is 3.05. The number of amides is 1. The maximum atomic E-state index is 11.6. The van der Waals surface area contributed by atoms with Crippen molar-refractivity contribution in [2.24, 2.45) is 5.73 Å². The second kappa shape index (κ2) is 4.64. The zero-order valence-corrected chi connectivity index (χ0v) is 10.6. The highest BCUT2D eigenvalue weighted by molar-refractivity contribution is 9.10. The van der Waals surface area contributed by atoms with Crippen LogP contribution >= 0.6 is 15.9 Å².